The average molecular weight is 299 g/mol. The first-order valence-electron chi connectivity index (χ1n) is 6.22. The third-order valence-electron chi connectivity index (χ3n) is 2.57. The topological polar surface area (TPSA) is 97.4 Å². The molecule has 2 heterocycles. The number of nitrogens with zero attached hydrogens (tertiary/aromatic N) is 1. The zero-order valence-electron chi connectivity index (χ0n) is 11.3. The Morgan fingerprint density at radius 2 is 2.10 bits per heavy atom. The lowest BCUT2D eigenvalue weighted by atomic mass is 10.4. The Balaban J connectivity index is 2.00. The van der Waals surface area contributed by atoms with E-state index in [1.165, 1.54) is 6.07 Å². The maximum atomic E-state index is 12.0. The van der Waals surface area contributed by atoms with Crippen molar-refractivity contribution in [1.29, 1.82) is 0 Å². The third kappa shape index (κ3) is 3.69. The Bertz CT molecular complexity index is 660. The van der Waals surface area contributed by atoms with Gasteiger partial charge in [-0.25, -0.2) is 13.1 Å². The third-order valence-corrected chi connectivity index (χ3v) is 3.84. The van der Waals surface area contributed by atoms with Crippen LogP contribution in [0.2, 0.25) is 0 Å². The predicted octanol–water partition coefficient (Wildman–Crippen LogP) is 1.16. The second kappa shape index (κ2) is 6.21. The quantitative estimate of drug-likeness (QED) is 0.796. The smallest absolute Gasteiger partial charge is 0.274 e. The van der Waals surface area contributed by atoms with Gasteiger partial charge in [-0.05, 0) is 25.6 Å². The molecule has 0 aliphatic heterocycles. The molecule has 0 unspecified atom stereocenters. The van der Waals surface area contributed by atoms with Crippen molar-refractivity contribution >= 4 is 10.0 Å². The number of aromatic nitrogens is 1. The van der Waals surface area contributed by atoms with Gasteiger partial charge in [-0.3, -0.25) is 0 Å². The molecule has 0 amide bonds. The van der Waals surface area contributed by atoms with Crippen molar-refractivity contribution < 1.29 is 17.4 Å². The van der Waals surface area contributed by atoms with E-state index in [-0.39, 0.29) is 11.6 Å². The van der Waals surface area contributed by atoms with Crippen LogP contribution >= 0.6 is 0 Å². The number of nitrogens with one attached hydrogen (secondary N) is 2. The van der Waals surface area contributed by atoms with Crippen LogP contribution in [0.15, 0.2) is 32.2 Å². The Kier molecular flexibility index (Phi) is 4.58. The molecule has 0 aromatic carbocycles. The first-order chi connectivity index (χ1) is 9.51. The van der Waals surface area contributed by atoms with Gasteiger partial charge in [0.05, 0.1) is 18.8 Å². The highest BCUT2D eigenvalue weighted by molar-refractivity contribution is 7.89. The maximum Gasteiger partial charge on any atom is 0.274 e. The number of furan rings is 1. The molecule has 8 heteroatoms. The monoisotopic (exact) mass is 299 g/mol. The fourth-order valence-electron chi connectivity index (χ4n) is 1.59. The summed E-state index contributed by atoms with van der Waals surface area (Å²) in [6.45, 7) is 5.04. The summed E-state index contributed by atoms with van der Waals surface area (Å²) in [5.41, 5.74) is 0.519. The minimum Gasteiger partial charge on any atom is -0.447 e. The molecule has 0 radical (unpaired) electrons. The van der Waals surface area contributed by atoms with Gasteiger partial charge in [-0.2, -0.15) is 0 Å². The van der Waals surface area contributed by atoms with E-state index in [1.54, 1.807) is 19.1 Å². The molecule has 0 bridgehead atoms. The first kappa shape index (κ1) is 14.8. The van der Waals surface area contributed by atoms with Gasteiger partial charge < -0.3 is 14.3 Å². The van der Waals surface area contributed by atoms with Gasteiger partial charge in [-0.15, -0.1) is 0 Å². The number of aryl methyl sites for hydroxylation is 1. The number of rotatable bonds is 7. The minimum atomic E-state index is -3.68. The molecule has 20 heavy (non-hydrogen) atoms. The van der Waals surface area contributed by atoms with Gasteiger partial charge in [0.25, 0.3) is 10.0 Å². The summed E-state index contributed by atoms with van der Waals surface area (Å²) in [4.78, 5) is 0. The number of hydrogen-bond acceptors (Lipinski definition) is 6. The minimum absolute atomic E-state index is 0.0584. The van der Waals surface area contributed by atoms with Crippen LogP contribution in [0.5, 0.6) is 0 Å². The predicted molar refractivity (Wildman–Crippen MR) is 71.4 cm³/mol. The zero-order chi connectivity index (χ0) is 14.6. The molecule has 0 aliphatic rings. The Morgan fingerprint density at radius 1 is 1.30 bits per heavy atom. The summed E-state index contributed by atoms with van der Waals surface area (Å²) in [6, 6.07) is 4.74. The Labute approximate surface area is 117 Å². The van der Waals surface area contributed by atoms with Gasteiger partial charge in [0.1, 0.15) is 11.5 Å². The molecule has 110 valence electrons. The van der Waals surface area contributed by atoms with Crippen molar-refractivity contribution in [1.82, 2.24) is 15.2 Å². The van der Waals surface area contributed by atoms with Gasteiger partial charge >= 0.3 is 0 Å². The summed E-state index contributed by atoms with van der Waals surface area (Å²) in [6.07, 6.45) is 0. The lowest BCUT2D eigenvalue weighted by Crippen LogP contribution is -2.23. The van der Waals surface area contributed by atoms with Gasteiger partial charge in [0, 0.05) is 6.07 Å². The zero-order valence-corrected chi connectivity index (χ0v) is 12.2. The largest absolute Gasteiger partial charge is 0.447 e. The molecule has 2 aromatic rings. The number of sulfonamides is 1. The van der Waals surface area contributed by atoms with Crippen molar-refractivity contribution in [3.63, 3.8) is 0 Å². The molecule has 0 spiro atoms. The van der Waals surface area contributed by atoms with E-state index in [9.17, 15) is 8.42 Å². The van der Waals surface area contributed by atoms with Crippen molar-refractivity contribution in [2.75, 3.05) is 6.54 Å². The van der Waals surface area contributed by atoms with Gasteiger partial charge in [-0.1, -0.05) is 12.1 Å². The normalized spacial score (nSPS) is 11.9. The van der Waals surface area contributed by atoms with Crippen molar-refractivity contribution in [3.8, 4) is 0 Å². The van der Waals surface area contributed by atoms with Crippen LogP contribution in [-0.2, 0) is 23.1 Å². The summed E-state index contributed by atoms with van der Waals surface area (Å²) >= 11 is 0. The van der Waals surface area contributed by atoms with Crippen LogP contribution in [-0.4, -0.2) is 20.1 Å². The molecule has 0 saturated heterocycles. The highest BCUT2D eigenvalue weighted by atomic mass is 32.2. The fraction of sp³-hybridized carbons (Fsp3) is 0.417. The lowest BCUT2D eigenvalue weighted by Gasteiger charge is -2.02. The molecule has 2 aromatic heterocycles. The molecule has 0 fully saturated rings. The van der Waals surface area contributed by atoms with Crippen LogP contribution in [0.4, 0.5) is 0 Å². The van der Waals surface area contributed by atoms with Gasteiger partial charge in [0.15, 0.2) is 0 Å². The molecule has 0 saturated carbocycles. The number of hydrogen-bond donors (Lipinski definition) is 2. The lowest BCUT2D eigenvalue weighted by molar-refractivity contribution is 0.388. The second-order valence-electron chi connectivity index (χ2n) is 4.25. The van der Waals surface area contributed by atoms with E-state index in [1.807, 2.05) is 6.92 Å². The summed E-state index contributed by atoms with van der Waals surface area (Å²) < 4.78 is 36.6. The van der Waals surface area contributed by atoms with Crippen LogP contribution < -0.4 is 10.0 Å². The SMILES string of the molecule is CCNCc1ccc(S(=O)(=O)NCc2cc(C)on2)o1. The van der Waals surface area contributed by atoms with Crippen LogP contribution in [0, 0.1) is 6.92 Å². The summed E-state index contributed by atoms with van der Waals surface area (Å²) in [5, 5.41) is 6.67. The van der Waals surface area contributed by atoms with Crippen molar-refractivity contribution in [2.24, 2.45) is 0 Å². The molecule has 2 N–H and O–H groups in total. The first-order valence-corrected chi connectivity index (χ1v) is 7.71. The molecular weight excluding hydrogens is 282 g/mol. The highest BCUT2D eigenvalue weighted by Gasteiger charge is 2.19. The molecule has 0 aliphatic carbocycles. The maximum absolute atomic E-state index is 12.0. The Morgan fingerprint density at radius 3 is 2.75 bits per heavy atom. The van der Waals surface area contributed by atoms with Crippen molar-refractivity contribution in [2.45, 2.75) is 32.0 Å². The van der Waals surface area contributed by atoms with Crippen LogP contribution in [0.1, 0.15) is 24.1 Å². The molecule has 7 nitrogen and oxygen atoms in total. The van der Waals surface area contributed by atoms with Gasteiger partial charge in [0.2, 0.25) is 5.09 Å². The molecular formula is C12H17N3O4S. The Hall–Kier alpha value is -1.64. The van der Waals surface area contributed by atoms with E-state index in [2.05, 4.69) is 15.2 Å². The van der Waals surface area contributed by atoms with E-state index in [0.717, 1.165) is 6.54 Å². The highest BCUT2D eigenvalue weighted by Crippen LogP contribution is 2.14. The average Bonchev–Trinajstić information content (AvgIpc) is 3.03. The van der Waals surface area contributed by atoms with Crippen LogP contribution in [0.25, 0.3) is 0 Å². The second-order valence-corrected chi connectivity index (χ2v) is 5.95. The molecule has 0 atom stereocenters. The van der Waals surface area contributed by atoms with E-state index in [0.29, 0.717) is 23.8 Å². The molecule has 2 rings (SSSR count). The van der Waals surface area contributed by atoms with Crippen LogP contribution in [0.3, 0.4) is 0 Å². The fourth-order valence-corrected chi connectivity index (χ4v) is 2.53. The summed E-state index contributed by atoms with van der Waals surface area (Å²) in [7, 11) is -3.68. The van der Waals surface area contributed by atoms with E-state index in [4.69, 9.17) is 8.94 Å². The standard InChI is InChI=1S/C12H17N3O4S/c1-3-13-8-11-4-5-12(18-11)20(16,17)14-7-10-6-9(2)19-15-10/h4-6,13-14H,3,7-8H2,1-2H3. The summed E-state index contributed by atoms with van der Waals surface area (Å²) in [5.74, 6) is 1.20. The van der Waals surface area contributed by atoms with E-state index < -0.39 is 10.0 Å². The van der Waals surface area contributed by atoms with E-state index >= 15 is 0 Å². The van der Waals surface area contributed by atoms with Crippen molar-refractivity contribution in [3.05, 3.63) is 35.4 Å².